The molecule has 1 heterocycles. The Kier molecular flexibility index (Phi) is 4.54. The first kappa shape index (κ1) is 11.5. The molecular formula is C12H16BrNS. The van der Waals surface area contributed by atoms with Gasteiger partial charge in [0.15, 0.2) is 0 Å². The maximum absolute atomic E-state index is 3.45. The summed E-state index contributed by atoms with van der Waals surface area (Å²) in [5.41, 5.74) is 1.44. The van der Waals surface area contributed by atoms with Gasteiger partial charge in [-0.25, -0.2) is 0 Å². The summed E-state index contributed by atoms with van der Waals surface area (Å²) in [6, 6.07) is 8.66. The predicted octanol–water partition coefficient (Wildman–Crippen LogP) is 3.09. The van der Waals surface area contributed by atoms with Gasteiger partial charge in [0.05, 0.1) is 0 Å². The molecule has 1 aromatic carbocycles. The van der Waals surface area contributed by atoms with Crippen molar-refractivity contribution < 1.29 is 0 Å². The van der Waals surface area contributed by atoms with Gasteiger partial charge < -0.3 is 5.32 Å². The number of hydrogen-bond acceptors (Lipinski definition) is 2. The van der Waals surface area contributed by atoms with Gasteiger partial charge in [0.2, 0.25) is 0 Å². The van der Waals surface area contributed by atoms with Crippen LogP contribution in [0.4, 0.5) is 0 Å². The Morgan fingerprint density at radius 2 is 2.13 bits per heavy atom. The maximum atomic E-state index is 3.45. The highest BCUT2D eigenvalue weighted by Crippen LogP contribution is 2.19. The van der Waals surface area contributed by atoms with Gasteiger partial charge in [-0.15, -0.1) is 0 Å². The minimum absolute atomic E-state index is 0.848. The Balaban J connectivity index is 1.71. The van der Waals surface area contributed by atoms with Crippen LogP contribution in [0.5, 0.6) is 0 Å². The van der Waals surface area contributed by atoms with E-state index in [2.05, 4.69) is 57.3 Å². The van der Waals surface area contributed by atoms with Gasteiger partial charge in [-0.05, 0) is 42.8 Å². The van der Waals surface area contributed by atoms with Crippen molar-refractivity contribution in [1.29, 1.82) is 0 Å². The van der Waals surface area contributed by atoms with Crippen molar-refractivity contribution in [2.45, 2.75) is 18.1 Å². The normalized spacial score (nSPS) is 20.7. The zero-order chi connectivity index (χ0) is 10.5. The Morgan fingerprint density at radius 3 is 2.80 bits per heavy atom. The third kappa shape index (κ3) is 3.82. The van der Waals surface area contributed by atoms with Crippen molar-refractivity contribution in [3.63, 3.8) is 0 Å². The van der Waals surface area contributed by atoms with Crippen LogP contribution in [0, 0.1) is 0 Å². The van der Waals surface area contributed by atoms with E-state index >= 15 is 0 Å². The highest BCUT2D eigenvalue weighted by Gasteiger charge is 2.13. The third-order valence-corrected chi connectivity index (χ3v) is 4.51. The lowest BCUT2D eigenvalue weighted by Gasteiger charge is -2.07. The molecule has 0 amide bonds. The van der Waals surface area contributed by atoms with E-state index in [0.717, 1.165) is 5.25 Å². The van der Waals surface area contributed by atoms with Crippen LogP contribution in [-0.4, -0.2) is 24.1 Å². The second-order valence-electron chi connectivity index (χ2n) is 3.86. The van der Waals surface area contributed by atoms with Gasteiger partial charge >= 0.3 is 0 Å². The lowest BCUT2D eigenvalue weighted by molar-refractivity contribution is 0.858. The SMILES string of the molecule is Brc1ccc(CCSC2CCNC2)cc1. The van der Waals surface area contributed by atoms with Crippen LogP contribution in [0.1, 0.15) is 12.0 Å². The van der Waals surface area contributed by atoms with Crippen LogP contribution in [0.3, 0.4) is 0 Å². The van der Waals surface area contributed by atoms with E-state index in [1.165, 1.54) is 41.7 Å². The first-order valence-electron chi connectivity index (χ1n) is 5.41. The first-order valence-corrected chi connectivity index (χ1v) is 7.25. The molecule has 1 nitrogen and oxygen atoms in total. The summed E-state index contributed by atoms with van der Waals surface area (Å²) >= 11 is 5.56. The van der Waals surface area contributed by atoms with Gasteiger partial charge in [0.25, 0.3) is 0 Å². The van der Waals surface area contributed by atoms with Crippen molar-refractivity contribution >= 4 is 27.7 Å². The molecule has 1 aliphatic rings. The van der Waals surface area contributed by atoms with Gasteiger partial charge in [-0.1, -0.05) is 28.1 Å². The molecule has 15 heavy (non-hydrogen) atoms. The second kappa shape index (κ2) is 5.92. The lowest BCUT2D eigenvalue weighted by atomic mass is 10.2. The van der Waals surface area contributed by atoms with Crippen LogP contribution >= 0.6 is 27.7 Å². The molecule has 0 saturated carbocycles. The quantitative estimate of drug-likeness (QED) is 0.913. The summed E-state index contributed by atoms with van der Waals surface area (Å²) in [5.74, 6) is 1.24. The molecule has 1 aromatic rings. The second-order valence-corrected chi connectivity index (χ2v) is 6.19. The topological polar surface area (TPSA) is 12.0 Å². The van der Waals surface area contributed by atoms with Gasteiger partial charge in [-0.3, -0.25) is 0 Å². The molecule has 82 valence electrons. The Morgan fingerprint density at radius 1 is 1.33 bits per heavy atom. The van der Waals surface area contributed by atoms with E-state index in [9.17, 15) is 0 Å². The highest BCUT2D eigenvalue weighted by molar-refractivity contribution is 9.10. The van der Waals surface area contributed by atoms with Crippen molar-refractivity contribution in [2.75, 3.05) is 18.8 Å². The van der Waals surface area contributed by atoms with Crippen LogP contribution in [0.25, 0.3) is 0 Å². The molecule has 1 saturated heterocycles. The zero-order valence-corrected chi connectivity index (χ0v) is 11.1. The number of hydrogen-bond donors (Lipinski definition) is 1. The largest absolute Gasteiger partial charge is 0.316 e. The van der Waals surface area contributed by atoms with E-state index in [0.29, 0.717) is 0 Å². The molecule has 0 aliphatic carbocycles. The molecule has 1 unspecified atom stereocenters. The van der Waals surface area contributed by atoms with Crippen molar-refractivity contribution in [3.05, 3.63) is 34.3 Å². The molecule has 0 aromatic heterocycles. The van der Waals surface area contributed by atoms with Crippen molar-refractivity contribution in [1.82, 2.24) is 5.32 Å². The first-order chi connectivity index (χ1) is 7.34. The summed E-state index contributed by atoms with van der Waals surface area (Å²) in [6.07, 6.45) is 2.53. The number of thioether (sulfide) groups is 1. The van der Waals surface area contributed by atoms with Crippen LogP contribution in [0.2, 0.25) is 0 Å². The summed E-state index contributed by atoms with van der Waals surface area (Å²) < 4.78 is 1.17. The van der Waals surface area contributed by atoms with Gasteiger partial charge in [-0.2, -0.15) is 11.8 Å². The molecule has 0 spiro atoms. The fraction of sp³-hybridized carbons (Fsp3) is 0.500. The number of benzene rings is 1. The fourth-order valence-electron chi connectivity index (χ4n) is 1.76. The van der Waals surface area contributed by atoms with Crippen LogP contribution in [0.15, 0.2) is 28.7 Å². The van der Waals surface area contributed by atoms with E-state index < -0.39 is 0 Å². The van der Waals surface area contributed by atoms with E-state index in [4.69, 9.17) is 0 Å². The lowest BCUT2D eigenvalue weighted by Crippen LogP contribution is -2.10. The predicted molar refractivity (Wildman–Crippen MR) is 71.6 cm³/mol. The number of rotatable bonds is 4. The Bertz CT molecular complexity index is 293. The summed E-state index contributed by atoms with van der Waals surface area (Å²) in [5, 5.41) is 4.25. The summed E-state index contributed by atoms with van der Waals surface area (Å²) in [6.45, 7) is 2.40. The van der Waals surface area contributed by atoms with E-state index in [-0.39, 0.29) is 0 Å². The Hall–Kier alpha value is 0.01000. The van der Waals surface area contributed by atoms with E-state index in [1.807, 2.05) is 0 Å². The fourth-order valence-corrected chi connectivity index (χ4v) is 3.24. The van der Waals surface area contributed by atoms with Crippen molar-refractivity contribution in [2.24, 2.45) is 0 Å². The molecule has 2 rings (SSSR count). The standard InChI is InChI=1S/C12H16BrNS/c13-11-3-1-10(2-4-11)6-8-15-12-5-7-14-9-12/h1-4,12,14H,5-9H2. The highest BCUT2D eigenvalue weighted by atomic mass is 79.9. The minimum atomic E-state index is 0.848. The third-order valence-electron chi connectivity index (χ3n) is 2.67. The minimum Gasteiger partial charge on any atom is -0.316 e. The molecular weight excluding hydrogens is 270 g/mol. The molecule has 1 fully saturated rings. The van der Waals surface area contributed by atoms with E-state index in [1.54, 1.807) is 0 Å². The molecule has 0 bridgehead atoms. The zero-order valence-electron chi connectivity index (χ0n) is 8.71. The Labute approximate surface area is 104 Å². The molecule has 1 atom stereocenters. The number of aryl methyl sites for hydroxylation is 1. The molecule has 1 N–H and O–H groups in total. The summed E-state index contributed by atoms with van der Waals surface area (Å²) in [7, 11) is 0. The number of nitrogens with one attached hydrogen (secondary N) is 1. The summed E-state index contributed by atoms with van der Waals surface area (Å²) in [4.78, 5) is 0. The molecule has 0 radical (unpaired) electrons. The van der Waals surface area contributed by atoms with Gasteiger partial charge in [0, 0.05) is 16.3 Å². The average Bonchev–Trinajstić information content (AvgIpc) is 2.74. The van der Waals surface area contributed by atoms with Crippen LogP contribution < -0.4 is 5.32 Å². The molecule has 1 aliphatic heterocycles. The monoisotopic (exact) mass is 285 g/mol. The van der Waals surface area contributed by atoms with Crippen molar-refractivity contribution in [3.8, 4) is 0 Å². The van der Waals surface area contributed by atoms with Crippen LogP contribution in [-0.2, 0) is 6.42 Å². The average molecular weight is 286 g/mol. The number of halogens is 1. The smallest absolute Gasteiger partial charge is 0.0184 e. The maximum Gasteiger partial charge on any atom is 0.0184 e. The van der Waals surface area contributed by atoms with Gasteiger partial charge in [0.1, 0.15) is 0 Å². The molecule has 3 heteroatoms.